The van der Waals surface area contributed by atoms with Crippen LogP contribution in [0.3, 0.4) is 0 Å². The Labute approximate surface area is 227 Å². The molecule has 208 valence electrons. The fourth-order valence-electron chi connectivity index (χ4n) is 4.59. The van der Waals surface area contributed by atoms with Crippen molar-refractivity contribution < 1.29 is 35.9 Å². The molecular weight excluding hydrogens is 532 g/mol. The monoisotopic (exact) mass is 557 g/mol. The Morgan fingerprint density at radius 1 is 0.650 bits per heavy atom. The zero-order chi connectivity index (χ0) is 29.0. The fraction of sp³-hybridized carbons (Fsp3) is 0.194. The molecule has 0 atom stereocenters. The standard InChI is InChI=1S/C31H25F6NO2/c1-40-27-15-13-21(14-16-27)17-28(39)38-29(20-22-7-3-2-4-8-22,23-9-5-11-25(18-23)30(32,33)34)24-10-6-12-26(19-24)31(35,36)37/h2-16,18-19H,17,20H2,1H3,(H,38,39). The molecule has 0 aliphatic carbocycles. The molecule has 1 N–H and O–H groups in total. The highest BCUT2D eigenvalue weighted by Crippen LogP contribution is 2.39. The summed E-state index contributed by atoms with van der Waals surface area (Å²) < 4.78 is 87.8. The first kappa shape index (κ1) is 28.7. The van der Waals surface area contributed by atoms with E-state index in [0.717, 1.165) is 24.3 Å². The summed E-state index contributed by atoms with van der Waals surface area (Å²) in [5.74, 6) is -0.0218. The summed E-state index contributed by atoms with van der Waals surface area (Å²) >= 11 is 0. The van der Waals surface area contributed by atoms with Crippen molar-refractivity contribution in [2.45, 2.75) is 30.7 Å². The van der Waals surface area contributed by atoms with Gasteiger partial charge in [-0.25, -0.2) is 0 Å². The maximum Gasteiger partial charge on any atom is 0.416 e. The number of hydrogen-bond acceptors (Lipinski definition) is 2. The molecule has 0 bridgehead atoms. The zero-order valence-electron chi connectivity index (χ0n) is 21.3. The van der Waals surface area contributed by atoms with Gasteiger partial charge in [-0.1, -0.05) is 66.7 Å². The van der Waals surface area contributed by atoms with Crippen LogP contribution in [-0.2, 0) is 35.5 Å². The van der Waals surface area contributed by atoms with E-state index in [-0.39, 0.29) is 24.0 Å². The summed E-state index contributed by atoms with van der Waals surface area (Å²) in [5.41, 5.74) is -2.57. The molecule has 40 heavy (non-hydrogen) atoms. The molecule has 0 heterocycles. The minimum Gasteiger partial charge on any atom is -0.497 e. The van der Waals surface area contributed by atoms with Crippen molar-refractivity contribution in [3.63, 3.8) is 0 Å². The fourth-order valence-corrected chi connectivity index (χ4v) is 4.59. The largest absolute Gasteiger partial charge is 0.497 e. The van der Waals surface area contributed by atoms with Gasteiger partial charge in [-0.05, 0) is 58.7 Å². The predicted molar refractivity (Wildman–Crippen MR) is 139 cm³/mol. The molecule has 4 rings (SSSR count). The van der Waals surface area contributed by atoms with Crippen molar-refractivity contribution in [3.05, 3.63) is 137 Å². The quantitative estimate of drug-likeness (QED) is 0.227. The molecule has 0 saturated carbocycles. The highest BCUT2D eigenvalue weighted by molar-refractivity contribution is 5.80. The molecule has 0 fully saturated rings. The highest BCUT2D eigenvalue weighted by Gasteiger charge is 2.40. The van der Waals surface area contributed by atoms with Crippen molar-refractivity contribution in [2.24, 2.45) is 0 Å². The lowest BCUT2D eigenvalue weighted by atomic mass is 9.76. The number of hydrogen-bond donors (Lipinski definition) is 1. The lowest BCUT2D eigenvalue weighted by Crippen LogP contribution is -2.49. The van der Waals surface area contributed by atoms with Gasteiger partial charge >= 0.3 is 12.4 Å². The van der Waals surface area contributed by atoms with Gasteiger partial charge in [0.25, 0.3) is 0 Å². The summed E-state index contributed by atoms with van der Waals surface area (Å²) in [6, 6.07) is 23.8. The first-order valence-electron chi connectivity index (χ1n) is 12.2. The number of ether oxygens (including phenoxy) is 1. The van der Waals surface area contributed by atoms with E-state index in [4.69, 9.17) is 4.74 Å². The molecule has 9 heteroatoms. The van der Waals surface area contributed by atoms with Crippen molar-refractivity contribution >= 4 is 5.91 Å². The van der Waals surface area contributed by atoms with Crippen LogP contribution in [0.2, 0.25) is 0 Å². The number of methoxy groups -OCH3 is 1. The van der Waals surface area contributed by atoms with E-state index in [2.05, 4.69) is 5.32 Å². The van der Waals surface area contributed by atoms with Crippen LogP contribution in [0.25, 0.3) is 0 Å². The lowest BCUT2D eigenvalue weighted by Gasteiger charge is -2.37. The van der Waals surface area contributed by atoms with Gasteiger partial charge in [-0.2, -0.15) is 26.3 Å². The molecule has 0 aromatic heterocycles. The molecular formula is C31H25F6NO2. The lowest BCUT2D eigenvalue weighted by molar-refractivity contribution is -0.138. The molecule has 0 radical (unpaired) electrons. The number of alkyl halides is 6. The predicted octanol–water partition coefficient (Wildman–Crippen LogP) is 7.58. The molecule has 1 amide bonds. The van der Waals surface area contributed by atoms with E-state index >= 15 is 0 Å². The van der Waals surface area contributed by atoms with E-state index in [1.54, 1.807) is 54.6 Å². The maximum atomic E-state index is 13.8. The van der Waals surface area contributed by atoms with Crippen LogP contribution in [0.1, 0.15) is 33.4 Å². The van der Waals surface area contributed by atoms with Gasteiger partial charge in [0.1, 0.15) is 5.75 Å². The van der Waals surface area contributed by atoms with Crippen LogP contribution < -0.4 is 10.1 Å². The van der Waals surface area contributed by atoms with E-state index in [0.29, 0.717) is 16.9 Å². The summed E-state index contributed by atoms with van der Waals surface area (Å²) in [4.78, 5) is 13.5. The van der Waals surface area contributed by atoms with Gasteiger partial charge in [0.05, 0.1) is 30.2 Å². The Morgan fingerprint density at radius 3 is 1.62 bits per heavy atom. The topological polar surface area (TPSA) is 38.3 Å². The molecule has 4 aromatic rings. The number of halogens is 6. The highest BCUT2D eigenvalue weighted by atomic mass is 19.4. The molecule has 4 aromatic carbocycles. The van der Waals surface area contributed by atoms with E-state index in [1.807, 2.05) is 0 Å². The van der Waals surface area contributed by atoms with Crippen molar-refractivity contribution in [1.29, 1.82) is 0 Å². The Balaban J connectivity index is 1.90. The second kappa shape index (κ2) is 11.5. The van der Waals surface area contributed by atoms with E-state index in [9.17, 15) is 31.1 Å². The number of carbonyl (C=O) groups excluding carboxylic acids is 1. The van der Waals surface area contributed by atoms with Gasteiger partial charge in [0, 0.05) is 6.42 Å². The van der Waals surface area contributed by atoms with Gasteiger partial charge in [0.15, 0.2) is 0 Å². The van der Waals surface area contributed by atoms with Crippen LogP contribution in [0.4, 0.5) is 26.3 Å². The number of nitrogens with one attached hydrogen (secondary N) is 1. The molecule has 0 aliphatic rings. The van der Waals surface area contributed by atoms with Gasteiger partial charge in [-0.15, -0.1) is 0 Å². The summed E-state index contributed by atoms with van der Waals surface area (Å²) in [6.45, 7) is 0. The third kappa shape index (κ3) is 6.65. The zero-order valence-corrected chi connectivity index (χ0v) is 21.3. The van der Waals surface area contributed by atoms with Gasteiger partial charge in [-0.3, -0.25) is 4.79 Å². The van der Waals surface area contributed by atoms with Gasteiger partial charge in [0.2, 0.25) is 5.91 Å². The Morgan fingerprint density at radius 2 is 1.15 bits per heavy atom. The second-order valence-corrected chi connectivity index (χ2v) is 9.30. The maximum absolute atomic E-state index is 13.8. The van der Waals surface area contributed by atoms with E-state index < -0.39 is 34.9 Å². The number of amides is 1. The first-order chi connectivity index (χ1) is 18.9. The Kier molecular flexibility index (Phi) is 8.23. The SMILES string of the molecule is COc1ccc(CC(=O)NC(Cc2ccccc2)(c2cccc(C(F)(F)F)c2)c2cccc(C(F)(F)F)c2)cc1. The Bertz CT molecular complexity index is 1390. The van der Waals surface area contributed by atoms with Crippen molar-refractivity contribution in [3.8, 4) is 5.75 Å². The summed E-state index contributed by atoms with van der Waals surface area (Å²) in [7, 11) is 1.49. The van der Waals surface area contributed by atoms with Gasteiger partial charge < -0.3 is 10.1 Å². The molecule has 0 aliphatic heterocycles. The van der Waals surface area contributed by atoms with Crippen LogP contribution in [0.15, 0.2) is 103 Å². The van der Waals surface area contributed by atoms with Crippen LogP contribution in [0, 0.1) is 0 Å². The van der Waals surface area contributed by atoms with E-state index in [1.165, 1.54) is 31.4 Å². The normalized spacial score (nSPS) is 12.2. The number of benzene rings is 4. The second-order valence-electron chi connectivity index (χ2n) is 9.30. The number of rotatable bonds is 8. The van der Waals surface area contributed by atoms with Crippen LogP contribution in [0.5, 0.6) is 5.75 Å². The van der Waals surface area contributed by atoms with Crippen LogP contribution >= 0.6 is 0 Å². The molecule has 0 saturated heterocycles. The van der Waals surface area contributed by atoms with Crippen molar-refractivity contribution in [1.82, 2.24) is 5.32 Å². The third-order valence-corrected chi connectivity index (χ3v) is 6.55. The Hall–Kier alpha value is -4.27. The average Bonchev–Trinajstić information content (AvgIpc) is 2.93. The smallest absolute Gasteiger partial charge is 0.416 e. The summed E-state index contributed by atoms with van der Waals surface area (Å²) in [5, 5.41) is 2.84. The van der Waals surface area contributed by atoms with Crippen molar-refractivity contribution in [2.75, 3.05) is 7.11 Å². The first-order valence-corrected chi connectivity index (χ1v) is 12.2. The third-order valence-electron chi connectivity index (χ3n) is 6.55. The molecule has 0 unspecified atom stereocenters. The minimum atomic E-state index is -4.71. The molecule has 0 spiro atoms. The molecule has 3 nitrogen and oxygen atoms in total. The average molecular weight is 558 g/mol. The number of carbonyl (C=O) groups is 1. The minimum absolute atomic E-state index is 0.00594. The summed E-state index contributed by atoms with van der Waals surface area (Å²) in [6.07, 6.45) is -9.70. The van der Waals surface area contributed by atoms with Crippen LogP contribution in [-0.4, -0.2) is 13.0 Å².